The molecule has 0 aliphatic carbocycles. The van der Waals surface area contributed by atoms with Crippen LogP contribution in [-0.4, -0.2) is 36.8 Å². The predicted octanol–water partition coefficient (Wildman–Crippen LogP) is 1.80. The van der Waals surface area contributed by atoms with Gasteiger partial charge in [0.25, 0.3) is 0 Å². The summed E-state index contributed by atoms with van der Waals surface area (Å²) in [6, 6.07) is 3.49. The largest absolute Gasteiger partial charge is 0.386 e. The predicted molar refractivity (Wildman–Crippen MR) is 88.1 cm³/mol. The normalized spacial score (nSPS) is 17.9. The van der Waals surface area contributed by atoms with Crippen molar-refractivity contribution in [2.75, 3.05) is 19.8 Å². The highest BCUT2D eigenvalue weighted by Crippen LogP contribution is 2.25. The van der Waals surface area contributed by atoms with Crippen molar-refractivity contribution in [1.29, 1.82) is 0 Å². The molecule has 2 rings (SSSR count). The zero-order chi connectivity index (χ0) is 16.1. The molecule has 1 heterocycles. The Kier molecular flexibility index (Phi) is 8.22. The third-order valence-corrected chi connectivity index (χ3v) is 4.21. The minimum atomic E-state index is -1.22. The Balaban J connectivity index is 0.00000264. The van der Waals surface area contributed by atoms with Crippen LogP contribution in [0.2, 0.25) is 5.02 Å². The fourth-order valence-corrected chi connectivity index (χ4v) is 2.82. The molecule has 0 spiro atoms. The molecular formula is C15H21Cl2FN2O3. The first kappa shape index (κ1) is 20.1. The first-order valence-electron chi connectivity index (χ1n) is 7.23. The molecule has 1 aromatic carbocycles. The molecule has 0 saturated carbocycles. The van der Waals surface area contributed by atoms with Gasteiger partial charge < -0.3 is 20.9 Å². The van der Waals surface area contributed by atoms with Gasteiger partial charge in [-0.3, -0.25) is 4.79 Å². The molecule has 2 unspecified atom stereocenters. The van der Waals surface area contributed by atoms with Gasteiger partial charge in [-0.15, -0.1) is 12.4 Å². The van der Waals surface area contributed by atoms with E-state index in [4.69, 9.17) is 22.1 Å². The van der Waals surface area contributed by atoms with Crippen LogP contribution in [0.15, 0.2) is 18.2 Å². The number of carbonyl (C=O) groups is 1. The molecule has 0 radical (unpaired) electrons. The fraction of sp³-hybridized carbons (Fsp3) is 0.533. The van der Waals surface area contributed by atoms with Crippen molar-refractivity contribution >= 4 is 29.9 Å². The van der Waals surface area contributed by atoms with Crippen molar-refractivity contribution in [2.45, 2.75) is 25.0 Å². The van der Waals surface area contributed by atoms with E-state index in [0.29, 0.717) is 13.2 Å². The molecule has 130 valence electrons. The third kappa shape index (κ3) is 5.29. The average Bonchev–Trinajstić information content (AvgIpc) is 2.52. The molecule has 5 nitrogen and oxygen atoms in total. The van der Waals surface area contributed by atoms with Crippen LogP contribution in [0.4, 0.5) is 4.39 Å². The van der Waals surface area contributed by atoms with Crippen LogP contribution in [0.25, 0.3) is 0 Å². The van der Waals surface area contributed by atoms with Crippen LogP contribution in [0.3, 0.4) is 0 Å². The number of nitrogens with one attached hydrogen (secondary N) is 1. The van der Waals surface area contributed by atoms with Gasteiger partial charge in [0.15, 0.2) is 0 Å². The second-order valence-corrected chi connectivity index (χ2v) is 5.78. The lowest BCUT2D eigenvalue weighted by atomic mass is 9.92. The van der Waals surface area contributed by atoms with Gasteiger partial charge in [-0.1, -0.05) is 17.7 Å². The molecule has 0 aromatic heterocycles. The van der Waals surface area contributed by atoms with E-state index in [0.717, 1.165) is 12.8 Å². The molecule has 1 aliphatic rings. The van der Waals surface area contributed by atoms with Gasteiger partial charge in [0.05, 0.1) is 6.04 Å². The van der Waals surface area contributed by atoms with Crippen LogP contribution in [0, 0.1) is 11.7 Å². The summed E-state index contributed by atoms with van der Waals surface area (Å²) in [5.41, 5.74) is 5.90. The fourth-order valence-electron chi connectivity index (χ4n) is 2.54. The van der Waals surface area contributed by atoms with E-state index in [9.17, 15) is 14.3 Å². The topological polar surface area (TPSA) is 84.6 Å². The van der Waals surface area contributed by atoms with E-state index in [1.165, 1.54) is 18.2 Å². The quantitative estimate of drug-likeness (QED) is 0.741. The molecule has 1 saturated heterocycles. The Bertz CT molecular complexity index is 507. The highest BCUT2D eigenvalue weighted by molar-refractivity contribution is 6.31. The van der Waals surface area contributed by atoms with Crippen LogP contribution in [0.5, 0.6) is 0 Å². The molecule has 4 N–H and O–H groups in total. The Morgan fingerprint density at radius 3 is 2.74 bits per heavy atom. The van der Waals surface area contributed by atoms with E-state index >= 15 is 0 Å². The first-order valence-corrected chi connectivity index (χ1v) is 7.61. The summed E-state index contributed by atoms with van der Waals surface area (Å²) < 4.78 is 18.9. The maximum absolute atomic E-state index is 13.7. The number of rotatable bonds is 5. The zero-order valence-electron chi connectivity index (χ0n) is 12.5. The lowest BCUT2D eigenvalue weighted by Gasteiger charge is -2.27. The summed E-state index contributed by atoms with van der Waals surface area (Å²) in [5.74, 6) is -0.913. The van der Waals surface area contributed by atoms with Crippen LogP contribution in [-0.2, 0) is 9.53 Å². The van der Waals surface area contributed by atoms with Gasteiger partial charge in [0, 0.05) is 30.3 Å². The lowest BCUT2D eigenvalue weighted by Crippen LogP contribution is -2.48. The number of ether oxygens (including phenoxy) is 1. The summed E-state index contributed by atoms with van der Waals surface area (Å²) >= 11 is 5.87. The van der Waals surface area contributed by atoms with Gasteiger partial charge in [0.2, 0.25) is 5.91 Å². The van der Waals surface area contributed by atoms with Gasteiger partial charge in [-0.2, -0.15) is 0 Å². The Labute approximate surface area is 145 Å². The van der Waals surface area contributed by atoms with E-state index in [2.05, 4.69) is 5.32 Å². The van der Waals surface area contributed by atoms with Crippen molar-refractivity contribution < 1.29 is 19.0 Å². The molecule has 23 heavy (non-hydrogen) atoms. The molecule has 1 aliphatic heterocycles. The minimum absolute atomic E-state index is 0. The third-order valence-electron chi connectivity index (χ3n) is 3.88. The van der Waals surface area contributed by atoms with Crippen molar-refractivity contribution in [2.24, 2.45) is 11.7 Å². The average molecular weight is 367 g/mol. The Morgan fingerprint density at radius 2 is 2.13 bits per heavy atom. The number of carbonyl (C=O) groups excluding carboxylic acids is 1. The van der Waals surface area contributed by atoms with Crippen molar-refractivity contribution in [1.82, 2.24) is 5.32 Å². The number of hydrogen-bond acceptors (Lipinski definition) is 4. The standard InChI is InChI=1S/C15H20ClFN2O3.ClH/c16-10-2-1-3-11(17)13(10)12(20)8-19-15(21)14(18)9-4-6-22-7-5-9;/h1-3,9,12,14,20H,4-8,18H2,(H,19,21);1H. The lowest BCUT2D eigenvalue weighted by molar-refractivity contribution is -0.124. The maximum Gasteiger partial charge on any atom is 0.237 e. The molecule has 1 amide bonds. The summed E-state index contributed by atoms with van der Waals surface area (Å²) in [6.45, 7) is 1.05. The molecular weight excluding hydrogens is 346 g/mol. The van der Waals surface area contributed by atoms with E-state index in [-0.39, 0.29) is 41.4 Å². The SMILES string of the molecule is Cl.NC(C(=O)NCC(O)c1c(F)cccc1Cl)C1CCOCC1. The second-order valence-electron chi connectivity index (χ2n) is 5.37. The molecule has 2 atom stereocenters. The van der Waals surface area contributed by atoms with E-state index in [1.54, 1.807) is 0 Å². The first-order chi connectivity index (χ1) is 10.5. The van der Waals surface area contributed by atoms with Crippen LogP contribution in [0.1, 0.15) is 24.5 Å². The van der Waals surface area contributed by atoms with E-state index in [1.807, 2.05) is 0 Å². The molecule has 0 bridgehead atoms. The highest BCUT2D eigenvalue weighted by Gasteiger charge is 2.27. The number of amides is 1. The van der Waals surface area contributed by atoms with Gasteiger partial charge in [-0.25, -0.2) is 4.39 Å². The van der Waals surface area contributed by atoms with Crippen LogP contribution < -0.4 is 11.1 Å². The summed E-state index contributed by atoms with van der Waals surface area (Å²) in [5, 5.41) is 12.7. The number of aliphatic hydroxyl groups is 1. The minimum Gasteiger partial charge on any atom is -0.386 e. The highest BCUT2D eigenvalue weighted by atomic mass is 35.5. The number of halogens is 3. The maximum atomic E-state index is 13.7. The van der Waals surface area contributed by atoms with Gasteiger partial charge in [0.1, 0.15) is 11.9 Å². The Morgan fingerprint density at radius 1 is 1.48 bits per heavy atom. The summed E-state index contributed by atoms with van der Waals surface area (Å²) in [7, 11) is 0. The van der Waals surface area contributed by atoms with Crippen molar-refractivity contribution in [3.63, 3.8) is 0 Å². The van der Waals surface area contributed by atoms with Gasteiger partial charge in [-0.05, 0) is 30.9 Å². The number of aliphatic hydroxyl groups excluding tert-OH is 1. The van der Waals surface area contributed by atoms with Gasteiger partial charge >= 0.3 is 0 Å². The summed E-state index contributed by atoms with van der Waals surface area (Å²) in [6.07, 6.45) is 0.242. The zero-order valence-corrected chi connectivity index (χ0v) is 14.1. The Hall–Kier alpha value is -0.920. The van der Waals surface area contributed by atoms with Crippen molar-refractivity contribution in [3.8, 4) is 0 Å². The van der Waals surface area contributed by atoms with Crippen LogP contribution >= 0.6 is 24.0 Å². The smallest absolute Gasteiger partial charge is 0.237 e. The number of nitrogens with two attached hydrogens (primary N) is 1. The number of benzene rings is 1. The molecule has 1 fully saturated rings. The second kappa shape index (κ2) is 9.39. The number of hydrogen-bond donors (Lipinski definition) is 3. The van der Waals surface area contributed by atoms with Crippen molar-refractivity contribution in [3.05, 3.63) is 34.6 Å². The summed E-state index contributed by atoms with van der Waals surface area (Å²) in [4.78, 5) is 12.0. The van der Waals surface area contributed by atoms with E-state index < -0.39 is 18.0 Å². The molecule has 8 heteroatoms. The molecule has 1 aromatic rings. The monoisotopic (exact) mass is 366 g/mol.